The van der Waals surface area contributed by atoms with Crippen LogP contribution in [0.25, 0.3) is 23.0 Å². The van der Waals surface area contributed by atoms with Gasteiger partial charge in [-0.25, -0.2) is 4.68 Å². The number of carbonyl (C=O) groups is 1. The molecule has 0 fully saturated rings. The van der Waals surface area contributed by atoms with Crippen LogP contribution in [0.3, 0.4) is 0 Å². The highest BCUT2D eigenvalue weighted by molar-refractivity contribution is 6.30. The largest absolute Gasteiger partial charge is 0.545 e. The van der Waals surface area contributed by atoms with E-state index < -0.39 is 5.97 Å². The zero-order valence-corrected chi connectivity index (χ0v) is 12.8. The topological polar surface area (TPSA) is 57.9 Å². The summed E-state index contributed by atoms with van der Waals surface area (Å²) >= 11 is 5.92. The number of halogens is 1. The Balaban J connectivity index is 2.10. The molecule has 0 saturated carbocycles. The van der Waals surface area contributed by atoms with Gasteiger partial charge in [-0.2, -0.15) is 5.10 Å². The molecule has 114 valence electrons. The number of para-hydroxylation sites is 1. The van der Waals surface area contributed by atoms with Crippen LogP contribution in [-0.2, 0) is 4.79 Å². The molecule has 0 saturated heterocycles. The number of rotatable bonds is 4. The lowest BCUT2D eigenvalue weighted by molar-refractivity contribution is -0.297. The lowest BCUT2D eigenvalue weighted by Crippen LogP contribution is -2.18. The zero-order chi connectivity index (χ0) is 16.2. The minimum absolute atomic E-state index is 0.628. The molecule has 1 aromatic heterocycles. The van der Waals surface area contributed by atoms with Crippen LogP contribution in [0.1, 0.15) is 5.56 Å². The summed E-state index contributed by atoms with van der Waals surface area (Å²) in [6.07, 6.45) is 4.25. The number of carbonyl (C=O) groups excluding carboxylic acids is 1. The second kappa shape index (κ2) is 6.50. The highest BCUT2D eigenvalue weighted by Crippen LogP contribution is 2.26. The molecule has 4 nitrogen and oxygen atoms in total. The van der Waals surface area contributed by atoms with Gasteiger partial charge in [0.05, 0.1) is 17.4 Å². The van der Waals surface area contributed by atoms with Crippen molar-refractivity contribution >= 4 is 23.6 Å². The molecule has 23 heavy (non-hydrogen) atoms. The molecule has 0 unspecified atom stereocenters. The number of hydrogen-bond acceptors (Lipinski definition) is 3. The second-order valence-corrected chi connectivity index (χ2v) is 5.31. The lowest BCUT2D eigenvalue weighted by atomic mass is 10.1. The van der Waals surface area contributed by atoms with Gasteiger partial charge in [-0.05, 0) is 36.4 Å². The van der Waals surface area contributed by atoms with Gasteiger partial charge < -0.3 is 9.90 Å². The van der Waals surface area contributed by atoms with Gasteiger partial charge in [0.2, 0.25) is 0 Å². The van der Waals surface area contributed by atoms with Gasteiger partial charge >= 0.3 is 0 Å². The Morgan fingerprint density at radius 2 is 1.78 bits per heavy atom. The van der Waals surface area contributed by atoms with Crippen LogP contribution in [-0.4, -0.2) is 15.7 Å². The highest BCUT2D eigenvalue weighted by Gasteiger charge is 2.10. The molecular formula is C18H12ClN2O2-. The monoisotopic (exact) mass is 323 g/mol. The van der Waals surface area contributed by atoms with Crippen molar-refractivity contribution in [1.29, 1.82) is 0 Å². The Morgan fingerprint density at radius 1 is 1.09 bits per heavy atom. The number of carboxylic acid groups (broad SMARTS) is 1. The average molecular weight is 324 g/mol. The lowest BCUT2D eigenvalue weighted by Gasteiger charge is -2.00. The summed E-state index contributed by atoms with van der Waals surface area (Å²) in [5.74, 6) is -1.25. The molecule has 0 amide bonds. The van der Waals surface area contributed by atoms with Crippen molar-refractivity contribution in [3.8, 4) is 16.9 Å². The number of nitrogens with zero attached hydrogens (tertiary/aromatic N) is 2. The Hall–Kier alpha value is -2.85. The fourth-order valence-electron chi connectivity index (χ4n) is 2.21. The van der Waals surface area contributed by atoms with Gasteiger partial charge in [0, 0.05) is 22.3 Å². The minimum Gasteiger partial charge on any atom is -0.545 e. The summed E-state index contributed by atoms with van der Waals surface area (Å²) < 4.78 is 1.71. The van der Waals surface area contributed by atoms with Crippen molar-refractivity contribution in [3.05, 3.63) is 77.5 Å². The molecule has 3 rings (SSSR count). The van der Waals surface area contributed by atoms with Crippen molar-refractivity contribution in [2.45, 2.75) is 0 Å². The summed E-state index contributed by atoms with van der Waals surface area (Å²) in [6, 6.07) is 16.8. The third-order valence-corrected chi connectivity index (χ3v) is 3.53. The molecule has 5 heteroatoms. The van der Waals surface area contributed by atoms with Crippen LogP contribution in [0, 0.1) is 0 Å². The van der Waals surface area contributed by atoms with Gasteiger partial charge in [0.15, 0.2) is 0 Å². The van der Waals surface area contributed by atoms with Gasteiger partial charge in [-0.3, -0.25) is 0 Å². The summed E-state index contributed by atoms with van der Waals surface area (Å²) in [5.41, 5.74) is 3.08. The van der Waals surface area contributed by atoms with Crippen LogP contribution in [0.4, 0.5) is 0 Å². The fourth-order valence-corrected chi connectivity index (χ4v) is 2.34. The van der Waals surface area contributed by atoms with Crippen LogP contribution < -0.4 is 5.11 Å². The normalized spacial score (nSPS) is 11.0. The van der Waals surface area contributed by atoms with E-state index in [0.29, 0.717) is 16.3 Å². The predicted octanol–water partition coefficient (Wildman–Crippen LogP) is 2.96. The number of carboxylic acids is 1. The average Bonchev–Trinajstić information content (AvgIpc) is 2.99. The van der Waals surface area contributed by atoms with Crippen molar-refractivity contribution in [2.75, 3.05) is 0 Å². The van der Waals surface area contributed by atoms with E-state index in [1.54, 1.807) is 23.0 Å². The maximum atomic E-state index is 10.7. The van der Waals surface area contributed by atoms with E-state index in [1.165, 1.54) is 6.08 Å². The van der Waals surface area contributed by atoms with Crippen LogP contribution >= 0.6 is 11.6 Å². The molecule has 1 heterocycles. The highest BCUT2D eigenvalue weighted by atomic mass is 35.5. The van der Waals surface area contributed by atoms with Crippen LogP contribution in [0.15, 0.2) is 66.9 Å². The maximum Gasteiger partial charge on any atom is 0.0999 e. The van der Waals surface area contributed by atoms with Crippen molar-refractivity contribution < 1.29 is 9.90 Å². The van der Waals surface area contributed by atoms with Crippen LogP contribution in [0.2, 0.25) is 5.02 Å². The van der Waals surface area contributed by atoms with Gasteiger partial charge in [-0.1, -0.05) is 41.9 Å². The Morgan fingerprint density at radius 3 is 2.43 bits per heavy atom. The third kappa shape index (κ3) is 3.49. The van der Waals surface area contributed by atoms with Gasteiger partial charge in [-0.15, -0.1) is 0 Å². The fraction of sp³-hybridized carbons (Fsp3) is 0. The van der Waals surface area contributed by atoms with E-state index in [2.05, 4.69) is 5.10 Å². The molecule has 3 aromatic rings. The van der Waals surface area contributed by atoms with E-state index in [1.807, 2.05) is 42.5 Å². The molecular weight excluding hydrogens is 312 g/mol. The van der Waals surface area contributed by atoms with Crippen molar-refractivity contribution in [2.24, 2.45) is 0 Å². The summed E-state index contributed by atoms with van der Waals surface area (Å²) in [4.78, 5) is 10.7. The van der Waals surface area contributed by atoms with Crippen molar-refractivity contribution in [1.82, 2.24) is 9.78 Å². The molecule has 0 N–H and O–H groups in total. The van der Waals surface area contributed by atoms with Gasteiger partial charge in [0.25, 0.3) is 0 Å². The first kappa shape index (κ1) is 15.1. The molecule has 2 aromatic carbocycles. The molecule has 0 spiro atoms. The number of hydrogen-bond donors (Lipinski definition) is 0. The Kier molecular flexibility index (Phi) is 4.26. The standard InChI is InChI=1S/C18H13ClN2O2/c19-15-9-6-13(7-10-15)18-14(8-11-17(22)23)12-21(20-18)16-4-2-1-3-5-16/h1-12H,(H,22,23)/p-1. The zero-order valence-electron chi connectivity index (χ0n) is 12.0. The molecule has 0 aliphatic heterocycles. The quantitative estimate of drug-likeness (QED) is 0.694. The maximum absolute atomic E-state index is 10.7. The smallest absolute Gasteiger partial charge is 0.0999 e. The molecule has 0 aliphatic carbocycles. The predicted molar refractivity (Wildman–Crippen MR) is 88.1 cm³/mol. The Bertz CT molecular complexity index is 852. The third-order valence-electron chi connectivity index (χ3n) is 3.28. The number of benzene rings is 2. The summed E-state index contributed by atoms with van der Waals surface area (Å²) in [7, 11) is 0. The molecule has 0 atom stereocenters. The number of aliphatic carboxylic acids is 1. The first-order chi connectivity index (χ1) is 11.1. The Labute approximate surface area is 138 Å². The molecule has 0 radical (unpaired) electrons. The second-order valence-electron chi connectivity index (χ2n) is 4.87. The van der Waals surface area contributed by atoms with E-state index in [4.69, 9.17) is 11.6 Å². The molecule has 0 aliphatic rings. The summed E-state index contributed by atoms with van der Waals surface area (Å²) in [5, 5.41) is 15.9. The minimum atomic E-state index is -1.25. The summed E-state index contributed by atoms with van der Waals surface area (Å²) in [6.45, 7) is 0. The van der Waals surface area contributed by atoms with E-state index in [0.717, 1.165) is 17.3 Å². The van der Waals surface area contributed by atoms with E-state index >= 15 is 0 Å². The van der Waals surface area contributed by atoms with E-state index in [-0.39, 0.29) is 0 Å². The first-order valence-electron chi connectivity index (χ1n) is 6.93. The van der Waals surface area contributed by atoms with Crippen molar-refractivity contribution in [3.63, 3.8) is 0 Å². The van der Waals surface area contributed by atoms with Gasteiger partial charge in [0.1, 0.15) is 0 Å². The first-order valence-corrected chi connectivity index (χ1v) is 7.31. The van der Waals surface area contributed by atoms with E-state index in [9.17, 15) is 9.90 Å². The number of aromatic nitrogens is 2. The SMILES string of the molecule is O=C([O-])C=Cc1cn(-c2ccccc2)nc1-c1ccc(Cl)cc1. The molecule has 0 bridgehead atoms. The van der Waals surface area contributed by atoms with Crippen LogP contribution in [0.5, 0.6) is 0 Å².